The number of piperazine rings is 1. The number of nitriles is 1. The second-order valence-electron chi connectivity index (χ2n) is 20.0. The van der Waals surface area contributed by atoms with Crippen LogP contribution in [-0.2, 0) is 9.47 Å². The lowest BCUT2D eigenvalue weighted by molar-refractivity contribution is 0.0145. The van der Waals surface area contributed by atoms with Gasteiger partial charge in [-0.3, -0.25) is 4.90 Å². The normalized spacial score (nSPS) is 20.3. The molecule has 1 unspecified atom stereocenters. The summed E-state index contributed by atoms with van der Waals surface area (Å²) < 4.78 is 89.6. The molecule has 3 saturated heterocycles. The average molecular weight is 931 g/mol. The standard InChI is InChI=1S/C50H62F4N6O5Si/c1-30(2)66(31(3)4,32(5)6)21-15-37-40(52)13-12-33-22-36(64-29-62-10)23-38(42(33)37)43-41(53)24-39-45(44(43)54)56-47(63-28-50-16-11-18-59(50)26-34(51)25-50)57-46(39)58-19-20-60(35(27-58)14-17-55)48(61)65-49(7,8)9/h12-13,22-24,30-32,34-35H,11,14,16,18-20,25-29H2,1-10H3/t34-,35?,50+/m1/s1. The van der Waals surface area contributed by atoms with E-state index in [1.807, 2.05) is 0 Å². The van der Waals surface area contributed by atoms with Gasteiger partial charge in [0.1, 0.15) is 55.2 Å². The fraction of sp³-hybridized carbons (Fsp3) is 0.560. The summed E-state index contributed by atoms with van der Waals surface area (Å²) in [7, 11) is -0.969. The van der Waals surface area contributed by atoms with E-state index < -0.39 is 60.5 Å². The number of carbonyl (C=O) groups excluding carboxylic acids is 1. The maximum absolute atomic E-state index is 17.9. The van der Waals surface area contributed by atoms with Gasteiger partial charge in [0.05, 0.1) is 35.2 Å². The number of carbonyl (C=O) groups is 1. The van der Waals surface area contributed by atoms with Crippen LogP contribution in [0.15, 0.2) is 30.3 Å². The number of fused-ring (bicyclic) bond motifs is 3. The molecule has 0 saturated carbocycles. The molecule has 354 valence electrons. The molecule has 0 spiro atoms. The lowest BCUT2D eigenvalue weighted by atomic mass is 9.92. The largest absolute Gasteiger partial charge is 0.468 e. The molecular weight excluding hydrogens is 869 g/mol. The summed E-state index contributed by atoms with van der Waals surface area (Å²) in [6, 6.07) is 8.40. The second kappa shape index (κ2) is 19.2. The highest BCUT2D eigenvalue weighted by atomic mass is 28.3. The van der Waals surface area contributed by atoms with E-state index in [1.54, 1.807) is 31.7 Å². The third-order valence-corrected chi connectivity index (χ3v) is 20.0. The molecule has 0 radical (unpaired) electrons. The molecule has 3 aliphatic heterocycles. The zero-order valence-electron chi connectivity index (χ0n) is 39.8. The Labute approximate surface area is 386 Å². The van der Waals surface area contributed by atoms with Gasteiger partial charge in [-0.2, -0.15) is 15.2 Å². The third kappa shape index (κ3) is 9.38. The van der Waals surface area contributed by atoms with Crippen LogP contribution in [0.25, 0.3) is 32.8 Å². The van der Waals surface area contributed by atoms with Crippen LogP contribution in [0.3, 0.4) is 0 Å². The molecule has 3 fully saturated rings. The number of ether oxygens (including phenoxy) is 4. The lowest BCUT2D eigenvalue weighted by Gasteiger charge is -2.41. The molecule has 3 atom stereocenters. The van der Waals surface area contributed by atoms with E-state index in [4.69, 9.17) is 23.9 Å². The molecule has 7 rings (SSSR count). The number of amides is 1. The first-order valence-corrected chi connectivity index (χ1v) is 25.2. The van der Waals surface area contributed by atoms with Crippen molar-refractivity contribution in [2.24, 2.45) is 0 Å². The summed E-state index contributed by atoms with van der Waals surface area (Å²) in [5, 5.41) is 10.5. The van der Waals surface area contributed by atoms with Crippen LogP contribution in [0.4, 0.5) is 28.2 Å². The number of methoxy groups -OCH3 is 1. The first kappa shape index (κ1) is 48.8. The number of halogens is 4. The van der Waals surface area contributed by atoms with E-state index >= 15 is 13.2 Å². The molecule has 1 amide bonds. The Morgan fingerprint density at radius 2 is 1.70 bits per heavy atom. The number of alkyl halides is 1. The lowest BCUT2D eigenvalue weighted by Crippen LogP contribution is -2.56. The van der Waals surface area contributed by atoms with Crippen molar-refractivity contribution in [3.63, 3.8) is 0 Å². The van der Waals surface area contributed by atoms with Gasteiger partial charge >= 0.3 is 12.1 Å². The predicted octanol–water partition coefficient (Wildman–Crippen LogP) is 10.7. The average Bonchev–Trinajstić information content (AvgIpc) is 3.77. The molecule has 16 heteroatoms. The molecule has 11 nitrogen and oxygen atoms in total. The van der Waals surface area contributed by atoms with Crippen molar-refractivity contribution in [1.29, 1.82) is 5.26 Å². The van der Waals surface area contributed by atoms with E-state index in [0.717, 1.165) is 19.0 Å². The van der Waals surface area contributed by atoms with Crippen LogP contribution in [0.2, 0.25) is 16.6 Å². The van der Waals surface area contributed by atoms with Crippen molar-refractivity contribution >= 4 is 41.7 Å². The highest BCUT2D eigenvalue weighted by Crippen LogP contribution is 2.45. The number of hydrogen-bond acceptors (Lipinski definition) is 10. The zero-order valence-corrected chi connectivity index (χ0v) is 40.8. The van der Waals surface area contributed by atoms with E-state index in [0.29, 0.717) is 11.8 Å². The topological polar surface area (TPSA) is 113 Å². The summed E-state index contributed by atoms with van der Waals surface area (Å²) in [5.74, 6) is 0.903. The third-order valence-electron chi connectivity index (χ3n) is 13.7. The van der Waals surface area contributed by atoms with Gasteiger partial charge in [0.2, 0.25) is 0 Å². The van der Waals surface area contributed by atoms with Crippen LogP contribution >= 0.6 is 0 Å². The van der Waals surface area contributed by atoms with Gasteiger partial charge < -0.3 is 28.7 Å². The van der Waals surface area contributed by atoms with Crippen molar-refractivity contribution < 1.29 is 41.3 Å². The molecule has 4 heterocycles. The van der Waals surface area contributed by atoms with Gasteiger partial charge in [0.15, 0.2) is 12.6 Å². The summed E-state index contributed by atoms with van der Waals surface area (Å²) >= 11 is 0. The Morgan fingerprint density at radius 1 is 0.970 bits per heavy atom. The van der Waals surface area contributed by atoms with Gasteiger partial charge in [-0.05, 0) is 86.4 Å². The maximum Gasteiger partial charge on any atom is 0.410 e. The first-order valence-electron chi connectivity index (χ1n) is 23.0. The molecule has 3 aliphatic rings. The highest BCUT2D eigenvalue weighted by molar-refractivity contribution is 6.90. The summed E-state index contributed by atoms with van der Waals surface area (Å²) in [6.07, 6.45) is 0.169. The number of rotatable bonds is 12. The fourth-order valence-electron chi connectivity index (χ4n) is 10.8. The van der Waals surface area contributed by atoms with Crippen LogP contribution in [0.1, 0.15) is 93.6 Å². The van der Waals surface area contributed by atoms with Crippen LogP contribution in [-0.4, -0.2) is 111 Å². The van der Waals surface area contributed by atoms with E-state index in [1.165, 1.54) is 30.2 Å². The van der Waals surface area contributed by atoms with Gasteiger partial charge in [-0.15, -0.1) is 5.54 Å². The second-order valence-corrected chi connectivity index (χ2v) is 25.5. The van der Waals surface area contributed by atoms with Crippen molar-refractivity contribution in [3.05, 3.63) is 53.3 Å². The van der Waals surface area contributed by atoms with Crippen molar-refractivity contribution in [2.75, 3.05) is 58.1 Å². The Bertz CT molecular complexity index is 2570. The van der Waals surface area contributed by atoms with Gasteiger partial charge in [-0.25, -0.2) is 22.4 Å². The number of anilines is 1. The minimum atomic E-state index is -2.42. The smallest absolute Gasteiger partial charge is 0.410 e. The molecule has 3 aromatic carbocycles. The molecule has 4 aromatic rings. The Morgan fingerprint density at radius 3 is 2.36 bits per heavy atom. The molecule has 66 heavy (non-hydrogen) atoms. The van der Waals surface area contributed by atoms with Crippen LogP contribution < -0.4 is 14.4 Å². The zero-order chi connectivity index (χ0) is 47.9. The van der Waals surface area contributed by atoms with E-state index in [-0.39, 0.29) is 114 Å². The Kier molecular flexibility index (Phi) is 14.2. The molecule has 0 aliphatic carbocycles. The molecule has 0 bridgehead atoms. The van der Waals surface area contributed by atoms with E-state index in [9.17, 15) is 14.4 Å². The quantitative estimate of drug-likeness (QED) is 0.0589. The predicted molar refractivity (Wildman–Crippen MR) is 251 cm³/mol. The monoisotopic (exact) mass is 930 g/mol. The van der Waals surface area contributed by atoms with Gasteiger partial charge in [0.25, 0.3) is 0 Å². The molecule has 1 aromatic heterocycles. The van der Waals surface area contributed by atoms with E-state index in [2.05, 4.69) is 69.0 Å². The molecular formula is C50H62F4N6O5Si. The number of benzene rings is 3. The number of aromatic nitrogens is 2. The van der Waals surface area contributed by atoms with Gasteiger partial charge in [0, 0.05) is 56.0 Å². The van der Waals surface area contributed by atoms with Crippen LogP contribution in [0, 0.1) is 40.2 Å². The van der Waals surface area contributed by atoms with Crippen LogP contribution in [0.5, 0.6) is 11.8 Å². The summed E-state index contributed by atoms with van der Waals surface area (Å²) in [4.78, 5) is 28.1. The number of nitrogens with zero attached hydrogens (tertiary/aromatic N) is 6. The highest BCUT2D eigenvalue weighted by Gasteiger charge is 2.49. The first-order chi connectivity index (χ1) is 31.2. The van der Waals surface area contributed by atoms with Crippen molar-refractivity contribution in [3.8, 4) is 40.4 Å². The SMILES string of the molecule is COCOc1cc(-c2c(F)cc3c(N4CCN(C(=O)OC(C)(C)C)C(CC#N)C4)nc(OC[C@@]45CCCN4C[C@H](F)C5)nc3c2F)c2c(C#C[Si](C(C)C)(C(C)C)C(C)C)c(F)ccc2c1. The minimum absolute atomic E-state index is 0.00618. The Hall–Kier alpha value is -5.16. The fourth-order valence-corrected chi connectivity index (χ4v) is 16.0. The van der Waals surface area contributed by atoms with Crippen molar-refractivity contribution in [1.82, 2.24) is 19.8 Å². The maximum atomic E-state index is 17.9. The van der Waals surface area contributed by atoms with Gasteiger partial charge in [-0.1, -0.05) is 53.5 Å². The minimum Gasteiger partial charge on any atom is -0.468 e. The summed E-state index contributed by atoms with van der Waals surface area (Å²) in [5.41, 5.74) is 2.15. The number of hydrogen-bond donors (Lipinski definition) is 0. The Balaban J connectivity index is 1.44. The summed E-state index contributed by atoms with van der Waals surface area (Å²) in [6.45, 7) is 19.4. The van der Waals surface area contributed by atoms with Crippen molar-refractivity contribution in [2.45, 2.75) is 128 Å². The molecule has 0 N–H and O–H groups in total.